The van der Waals surface area contributed by atoms with E-state index in [1.807, 2.05) is 0 Å². The molecule has 8 heteroatoms. The summed E-state index contributed by atoms with van der Waals surface area (Å²) < 4.78 is 28.5. The minimum absolute atomic E-state index is 0.846. The van der Waals surface area contributed by atoms with Crippen molar-refractivity contribution in [3.63, 3.8) is 0 Å². The van der Waals surface area contributed by atoms with Crippen molar-refractivity contribution >= 4 is 131 Å². The van der Waals surface area contributed by atoms with Gasteiger partial charge in [-0.25, -0.2) is 0 Å². The van der Waals surface area contributed by atoms with Crippen molar-refractivity contribution in [1.29, 1.82) is 0 Å². The van der Waals surface area contributed by atoms with Crippen LogP contribution in [0.25, 0.3) is 254 Å². The summed E-state index contributed by atoms with van der Waals surface area (Å²) in [6, 6.07) is 181. The van der Waals surface area contributed by atoms with Crippen LogP contribution in [-0.4, -0.2) is 27.4 Å². The Balaban J connectivity index is 0.000000142. The van der Waals surface area contributed by atoms with Gasteiger partial charge in [-0.2, -0.15) is 0 Å². The van der Waals surface area contributed by atoms with Crippen molar-refractivity contribution in [2.24, 2.45) is 0 Å². The molecule has 0 saturated carbocycles. The molecule has 30 rings (SSSR count). The topological polar surface area (TPSA) is 48.0 Å². The first kappa shape index (κ1) is 78.7. The predicted molar refractivity (Wildman–Crippen MR) is 583 cm³/mol. The third kappa shape index (κ3) is 12.2. The van der Waals surface area contributed by atoms with Gasteiger partial charge < -0.3 is 36.9 Å². The van der Waals surface area contributed by atoms with Gasteiger partial charge in [0.05, 0.1) is 77.6 Å². The van der Waals surface area contributed by atoms with E-state index >= 15 is 0 Å². The van der Waals surface area contributed by atoms with Gasteiger partial charge in [0, 0.05) is 98.5 Å². The van der Waals surface area contributed by atoms with Gasteiger partial charge in [0.15, 0.2) is 23.0 Å². The summed E-state index contributed by atoms with van der Waals surface area (Å²) in [5.41, 5.74) is 39.1. The quantitative estimate of drug-likeness (QED) is 0.122. The molecule has 0 atom stereocenters. The lowest BCUT2D eigenvalue weighted by atomic mass is 9.99. The second kappa shape index (κ2) is 31.4. The summed E-state index contributed by atoms with van der Waals surface area (Å²) in [7, 11) is 0. The zero-order valence-corrected chi connectivity index (χ0v) is 75.8. The van der Waals surface area contributed by atoms with Gasteiger partial charge in [0.2, 0.25) is 0 Å². The number of rotatable bonds is 12. The number of benzene rings is 22. The SMILES string of the molecule is c1cc(-c2cccc3c2Oc2cccc4c5c(-c6cccc(-n7c8ccccc8c8ccccc87)c6)cccc5n-3c24)cc(-n2c3ccccc3c3ccccc32)c1.c1ccc(-c2ccc3c(c2)c2cc(-c4ccccc4)ccc2n3-c2ccc(-c3cccc4c3Oc3cccc5c6c(-c7ccc(-n8c9ccc(-c%10ccccc%10)cc9c9cc(-c%10ccccc%10)ccc98)cc7)cccc6n-4c35)cc2)cc1. The van der Waals surface area contributed by atoms with Gasteiger partial charge >= 0.3 is 0 Å². The zero-order chi connectivity index (χ0) is 91.7. The first-order valence-electron chi connectivity index (χ1n) is 48.0. The van der Waals surface area contributed by atoms with Crippen molar-refractivity contribution < 1.29 is 9.47 Å². The molecule has 0 amide bonds. The average molecular weight is 1780 g/mol. The van der Waals surface area contributed by atoms with Crippen LogP contribution in [-0.2, 0) is 0 Å². The van der Waals surface area contributed by atoms with E-state index in [9.17, 15) is 0 Å². The lowest BCUT2D eigenvalue weighted by Gasteiger charge is -2.23. The summed E-state index contributed by atoms with van der Waals surface area (Å²) in [6.07, 6.45) is 0. The largest absolute Gasteiger partial charge is 0.452 e. The molecule has 2 aliphatic rings. The van der Waals surface area contributed by atoms with Crippen molar-refractivity contribution in [2.45, 2.75) is 0 Å². The van der Waals surface area contributed by atoms with Gasteiger partial charge in [-0.05, 0) is 236 Å². The molecule has 8 nitrogen and oxygen atoms in total. The van der Waals surface area contributed by atoms with Crippen LogP contribution >= 0.6 is 0 Å². The molecule has 0 N–H and O–H groups in total. The number of hydrogen-bond acceptors (Lipinski definition) is 2. The second-order valence-electron chi connectivity index (χ2n) is 36.9. The Labute approximate surface area is 805 Å². The third-order valence-corrected chi connectivity index (χ3v) is 29.3. The number of fused-ring (bicyclic) bond motifs is 22. The minimum atomic E-state index is 0.846. The van der Waals surface area contributed by atoms with E-state index < -0.39 is 0 Å². The number of para-hydroxylation sites is 8. The number of aromatic nitrogens is 6. The van der Waals surface area contributed by atoms with Gasteiger partial charge in [-0.3, -0.25) is 0 Å². The number of hydrogen-bond donors (Lipinski definition) is 0. The molecule has 2 aliphatic heterocycles. The maximum absolute atomic E-state index is 7.09. The lowest BCUT2D eigenvalue weighted by Crippen LogP contribution is -2.05. The molecule has 22 aromatic carbocycles. The van der Waals surface area contributed by atoms with Crippen LogP contribution in [0.2, 0.25) is 0 Å². The van der Waals surface area contributed by atoms with E-state index in [-0.39, 0.29) is 0 Å². The molecule has 652 valence electrons. The van der Waals surface area contributed by atoms with Gasteiger partial charge in [-0.15, -0.1) is 0 Å². The normalized spacial score (nSPS) is 12.1. The van der Waals surface area contributed by atoms with Gasteiger partial charge in [0.25, 0.3) is 0 Å². The summed E-state index contributed by atoms with van der Waals surface area (Å²) in [6.45, 7) is 0. The van der Waals surface area contributed by atoms with Crippen LogP contribution < -0.4 is 9.47 Å². The van der Waals surface area contributed by atoms with Crippen molar-refractivity contribution in [1.82, 2.24) is 27.4 Å². The summed E-state index contributed by atoms with van der Waals surface area (Å²) in [5.74, 6) is 3.41. The molecule has 0 unspecified atom stereocenters. The fraction of sp³-hybridized carbons (Fsp3) is 0. The highest BCUT2D eigenvalue weighted by atomic mass is 16.5. The molecule has 0 radical (unpaired) electrons. The van der Waals surface area contributed by atoms with Crippen LogP contribution in [0.1, 0.15) is 0 Å². The van der Waals surface area contributed by atoms with Crippen LogP contribution in [0.5, 0.6) is 23.0 Å². The minimum Gasteiger partial charge on any atom is -0.452 e. The van der Waals surface area contributed by atoms with Crippen molar-refractivity contribution in [3.8, 4) is 146 Å². The lowest BCUT2D eigenvalue weighted by molar-refractivity contribution is 0.478. The van der Waals surface area contributed by atoms with Crippen molar-refractivity contribution in [3.05, 3.63) is 497 Å². The highest BCUT2D eigenvalue weighted by Gasteiger charge is 2.32. The summed E-state index contributed by atoms with van der Waals surface area (Å²) in [5, 5.41) is 14.7. The Morgan fingerprint density at radius 3 is 0.764 bits per heavy atom. The summed E-state index contributed by atoms with van der Waals surface area (Å²) in [4.78, 5) is 0. The second-order valence-corrected chi connectivity index (χ2v) is 36.9. The maximum Gasteiger partial charge on any atom is 0.159 e. The molecular formula is C132H82N6O2. The third-order valence-electron chi connectivity index (χ3n) is 29.3. The van der Waals surface area contributed by atoms with Crippen LogP contribution in [0.4, 0.5) is 0 Å². The van der Waals surface area contributed by atoms with E-state index in [2.05, 4.69) is 525 Å². The van der Waals surface area contributed by atoms with Crippen molar-refractivity contribution in [2.75, 3.05) is 0 Å². The van der Waals surface area contributed by atoms with E-state index in [1.54, 1.807) is 0 Å². The van der Waals surface area contributed by atoms with E-state index in [0.29, 0.717) is 0 Å². The van der Waals surface area contributed by atoms with E-state index in [1.165, 1.54) is 165 Å². The Morgan fingerprint density at radius 2 is 0.393 bits per heavy atom. The standard InChI is InChI=1S/C78H49N3O.C54H33N3O/c1-5-16-50(17-6-1)56-34-42-69-65(46-56)66-47-57(51-18-7-2-8-19-51)35-43-70(66)79(69)60-38-30-54(31-39-60)62-24-13-27-73-76(62)64-26-15-29-75-77(64)81(73)74-28-14-25-63(78(74)82-75)55-32-40-61(41-33-55)80-71-44-36-58(52-20-9-3-10-21-52)48-67(71)68-49-59(37-45-72(68)80)53-22-11-4-12-23-53;1-5-25-45-40(18-1)41-19-2-6-26-46(41)55(45)36-16-9-14-34(32-36)38-22-11-29-49-52(38)44-24-13-31-51-53(44)57(49)50-30-12-23-39(54(50)58-51)35-15-10-17-37(33-35)56-47-27-7-3-20-42(47)43-21-4-8-28-48(43)56/h1-49H;1-33H. The van der Waals surface area contributed by atoms with Crippen LogP contribution in [0.3, 0.4) is 0 Å². The van der Waals surface area contributed by atoms with Crippen LogP contribution in [0, 0.1) is 0 Å². The molecule has 8 heterocycles. The maximum atomic E-state index is 7.09. The molecule has 140 heavy (non-hydrogen) atoms. The highest BCUT2D eigenvalue weighted by molar-refractivity contribution is 6.21. The predicted octanol–water partition coefficient (Wildman–Crippen LogP) is 35.5. The zero-order valence-electron chi connectivity index (χ0n) is 75.8. The molecular weight excluding hydrogens is 1700 g/mol. The Bertz CT molecular complexity index is 9690. The molecule has 28 aromatic rings. The Hall–Kier alpha value is -18.8. The molecule has 0 aliphatic carbocycles. The molecule has 0 saturated heterocycles. The van der Waals surface area contributed by atoms with Gasteiger partial charge in [0.1, 0.15) is 0 Å². The van der Waals surface area contributed by atoms with E-state index in [4.69, 9.17) is 9.47 Å². The number of nitrogens with zero attached hydrogens (tertiary/aromatic N) is 6. The fourth-order valence-corrected chi connectivity index (χ4v) is 23.1. The molecule has 6 aromatic heterocycles. The summed E-state index contributed by atoms with van der Waals surface area (Å²) >= 11 is 0. The first-order chi connectivity index (χ1) is 69.5. The van der Waals surface area contributed by atoms with Crippen LogP contribution in [0.15, 0.2) is 497 Å². The Kier molecular flexibility index (Phi) is 17.7. The fourth-order valence-electron chi connectivity index (χ4n) is 23.1. The molecule has 0 fully saturated rings. The highest BCUT2D eigenvalue weighted by Crippen LogP contribution is 2.55. The smallest absolute Gasteiger partial charge is 0.159 e. The first-order valence-corrected chi connectivity index (χ1v) is 48.0. The van der Waals surface area contributed by atoms with E-state index in [0.717, 1.165) is 112 Å². The molecule has 0 bridgehead atoms. The molecule has 0 spiro atoms. The van der Waals surface area contributed by atoms with Gasteiger partial charge in [-0.1, -0.05) is 340 Å². The Morgan fingerprint density at radius 1 is 0.136 bits per heavy atom. The monoisotopic (exact) mass is 1780 g/mol. The number of ether oxygens (including phenoxy) is 2. The average Bonchev–Trinajstić information content (AvgIpc) is 1.55.